The lowest BCUT2D eigenvalue weighted by molar-refractivity contribution is -0.145. The number of ether oxygens (including phenoxy) is 2. The Morgan fingerprint density at radius 3 is 2.34 bits per heavy atom. The molecule has 0 bridgehead atoms. The van der Waals surface area contributed by atoms with Crippen LogP contribution in [0.5, 0.6) is 11.5 Å². The number of benzene rings is 2. The number of aryl methyl sites for hydroxylation is 1. The average molecular weight is 398 g/mol. The average Bonchev–Trinajstić information content (AvgIpc) is 2.72. The van der Waals surface area contributed by atoms with Crippen LogP contribution in [0.1, 0.15) is 55.8 Å². The Balaban J connectivity index is 2.08. The van der Waals surface area contributed by atoms with Gasteiger partial charge in [-0.3, -0.25) is 9.69 Å². The largest absolute Gasteiger partial charge is 0.490 e. The van der Waals surface area contributed by atoms with Gasteiger partial charge in [-0.2, -0.15) is 0 Å². The number of piperidine rings is 1. The van der Waals surface area contributed by atoms with Gasteiger partial charge in [-0.15, -0.1) is 0 Å². The Morgan fingerprint density at radius 2 is 1.69 bits per heavy atom. The van der Waals surface area contributed by atoms with Gasteiger partial charge in [0.15, 0.2) is 11.5 Å². The molecule has 0 saturated carbocycles. The molecule has 0 amide bonds. The Labute approximate surface area is 173 Å². The van der Waals surface area contributed by atoms with Gasteiger partial charge in [0, 0.05) is 0 Å². The van der Waals surface area contributed by atoms with Gasteiger partial charge in [0.2, 0.25) is 0 Å². The number of likely N-dealkylation sites (tertiary alicyclic amines) is 1. The maximum absolute atomic E-state index is 12.0. The van der Waals surface area contributed by atoms with Gasteiger partial charge in [0.1, 0.15) is 6.04 Å². The summed E-state index contributed by atoms with van der Waals surface area (Å²) in [6.07, 6.45) is 2.62. The van der Waals surface area contributed by atoms with Gasteiger partial charge in [-0.05, 0) is 63.4 Å². The fraction of sp³-hybridized carbons (Fsp3) is 0.458. The zero-order valence-electron chi connectivity index (χ0n) is 17.6. The smallest absolute Gasteiger partial charge is 0.320 e. The van der Waals surface area contributed by atoms with E-state index in [1.165, 1.54) is 5.56 Å². The van der Waals surface area contributed by atoms with Crippen LogP contribution in [-0.4, -0.2) is 41.8 Å². The van der Waals surface area contributed by atoms with Crippen LogP contribution in [0.3, 0.4) is 0 Å². The molecule has 156 valence electrons. The minimum atomic E-state index is -0.752. The lowest BCUT2D eigenvalue weighted by Gasteiger charge is -2.39. The molecule has 2 atom stereocenters. The number of nitrogens with zero attached hydrogens (tertiary/aromatic N) is 1. The molecule has 1 heterocycles. The molecule has 0 aromatic heterocycles. The highest BCUT2D eigenvalue weighted by Crippen LogP contribution is 2.38. The van der Waals surface area contributed by atoms with Crippen molar-refractivity contribution in [2.75, 3.05) is 19.8 Å². The molecular weight excluding hydrogens is 366 g/mol. The number of carbonyl (C=O) groups is 1. The number of rotatable bonds is 8. The summed E-state index contributed by atoms with van der Waals surface area (Å²) >= 11 is 0. The number of hydrogen-bond acceptors (Lipinski definition) is 4. The van der Waals surface area contributed by atoms with Crippen LogP contribution in [0.15, 0.2) is 42.5 Å². The van der Waals surface area contributed by atoms with Crippen molar-refractivity contribution in [1.82, 2.24) is 4.90 Å². The van der Waals surface area contributed by atoms with Crippen LogP contribution in [0.4, 0.5) is 0 Å². The molecular formula is C24H31NO4. The van der Waals surface area contributed by atoms with Crippen LogP contribution < -0.4 is 9.47 Å². The SMILES string of the molecule is CCOc1ccc(C(c2ccc(C)cc2)N2CCCCC2C(=O)O)cc1OCC. The molecule has 0 spiro atoms. The minimum Gasteiger partial charge on any atom is -0.490 e. The van der Waals surface area contributed by atoms with E-state index in [0.29, 0.717) is 31.1 Å². The van der Waals surface area contributed by atoms with Crippen molar-refractivity contribution >= 4 is 5.97 Å². The summed E-state index contributed by atoms with van der Waals surface area (Å²) in [5.41, 5.74) is 3.30. The summed E-state index contributed by atoms with van der Waals surface area (Å²) < 4.78 is 11.6. The first kappa shape index (κ1) is 21.2. The number of hydrogen-bond donors (Lipinski definition) is 1. The molecule has 0 aliphatic carbocycles. The van der Waals surface area contributed by atoms with Gasteiger partial charge >= 0.3 is 5.97 Å². The highest BCUT2D eigenvalue weighted by molar-refractivity contribution is 5.73. The van der Waals surface area contributed by atoms with E-state index in [4.69, 9.17) is 9.47 Å². The molecule has 2 unspecified atom stereocenters. The third-order valence-electron chi connectivity index (χ3n) is 5.44. The van der Waals surface area contributed by atoms with E-state index in [1.807, 2.05) is 32.0 Å². The number of aliphatic carboxylic acids is 1. The van der Waals surface area contributed by atoms with Crippen LogP contribution >= 0.6 is 0 Å². The lowest BCUT2D eigenvalue weighted by atomic mass is 9.91. The molecule has 1 fully saturated rings. The first-order chi connectivity index (χ1) is 14.0. The fourth-order valence-electron chi connectivity index (χ4n) is 4.09. The monoisotopic (exact) mass is 397 g/mol. The van der Waals surface area contributed by atoms with Crippen molar-refractivity contribution < 1.29 is 19.4 Å². The summed E-state index contributed by atoms with van der Waals surface area (Å²) in [7, 11) is 0. The van der Waals surface area contributed by atoms with E-state index >= 15 is 0 Å². The number of carboxylic acid groups (broad SMARTS) is 1. The highest BCUT2D eigenvalue weighted by Gasteiger charge is 2.35. The molecule has 5 heteroatoms. The molecule has 29 heavy (non-hydrogen) atoms. The normalized spacial score (nSPS) is 18.2. The molecule has 0 radical (unpaired) electrons. The number of carboxylic acids is 1. The predicted octanol–water partition coefficient (Wildman–Crippen LogP) is 4.82. The molecule has 5 nitrogen and oxygen atoms in total. The second kappa shape index (κ2) is 9.79. The van der Waals surface area contributed by atoms with Gasteiger partial charge in [0.05, 0.1) is 19.3 Å². The van der Waals surface area contributed by atoms with Gasteiger partial charge < -0.3 is 14.6 Å². The highest BCUT2D eigenvalue weighted by atomic mass is 16.5. The van der Waals surface area contributed by atoms with E-state index in [9.17, 15) is 9.90 Å². The van der Waals surface area contributed by atoms with Gasteiger partial charge in [-0.25, -0.2) is 0 Å². The summed E-state index contributed by atoms with van der Waals surface area (Å²) in [6.45, 7) is 7.82. The maximum Gasteiger partial charge on any atom is 0.320 e. The fourth-order valence-corrected chi connectivity index (χ4v) is 4.09. The summed E-state index contributed by atoms with van der Waals surface area (Å²) in [5.74, 6) is 0.666. The molecule has 1 aliphatic rings. The molecule has 1 saturated heterocycles. The first-order valence-corrected chi connectivity index (χ1v) is 10.5. The van der Waals surface area contributed by atoms with E-state index < -0.39 is 12.0 Å². The van der Waals surface area contributed by atoms with Crippen molar-refractivity contribution in [3.05, 3.63) is 59.2 Å². The second-order valence-corrected chi connectivity index (χ2v) is 7.47. The van der Waals surface area contributed by atoms with Crippen molar-refractivity contribution in [2.45, 2.75) is 52.1 Å². The van der Waals surface area contributed by atoms with Crippen molar-refractivity contribution in [3.8, 4) is 11.5 Å². The first-order valence-electron chi connectivity index (χ1n) is 10.5. The Hall–Kier alpha value is -2.53. The molecule has 2 aromatic carbocycles. The van der Waals surface area contributed by atoms with Crippen LogP contribution in [-0.2, 0) is 4.79 Å². The van der Waals surface area contributed by atoms with E-state index in [0.717, 1.165) is 30.5 Å². The van der Waals surface area contributed by atoms with Crippen LogP contribution in [0.2, 0.25) is 0 Å². The topological polar surface area (TPSA) is 59.0 Å². The molecule has 1 N–H and O–H groups in total. The van der Waals surface area contributed by atoms with Crippen LogP contribution in [0, 0.1) is 6.92 Å². The zero-order chi connectivity index (χ0) is 20.8. The van der Waals surface area contributed by atoms with Crippen molar-refractivity contribution in [2.24, 2.45) is 0 Å². The Morgan fingerprint density at radius 1 is 1.03 bits per heavy atom. The lowest BCUT2D eigenvalue weighted by Crippen LogP contribution is -2.46. The summed E-state index contributed by atoms with van der Waals surface area (Å²) in [5, 5.41) is 9.86. The van der Waals surface area contributed by atoms with Crippen molar-refractivity contribution in [1.29, 1.82) is 0 Å². The maximum atomic E-state index is 12.0. The van der Waals surface area contributed by atoms with Gasteiger partial charge in [-0.1, -0.05) is 42.3 Å². The zero-order valence-corrected chi connectivity index (χ0v) is 17.6. The summed E-state index contributed by atoms with van der Waals surface area (Å²) in [4.78, 5) is 14.1. The molecule has 2 aromatic rings. The third kappa shape index (κ3) is 4.91. The Bertz CT molecular complexity index is 818. The Kier molecular flexibility index (Phi) is 7.15. The third-order valence-corrected chi connectivity index (χ3v) is 5.44. The molecule has 1 aliphatic heterocycles. The second-order valence-electron chi connectivity index (χ2n) is 7.47. The van der Waals surface area contributed by atoms with Crippen molar-refractivity contribution in [3.63, 3.8) is 0 Å². The minimum absolute atomic E-state index is 0.146. The van der Waals surface area contributed by atoms with E-state index in [1.54, 1.807) is 0 Å². The molecule has 3 rings (SSSR count). The van der Waals surface area contributed by atoms with Crippen LogP contribution in [0.25, 0.3) is 0 Å². The standard InChI is InChI=1S/C24H31NO4/c1-4-28-21-14-13-19(16-22(21)29-5-2)23(18-11-9-17(3)10-12-18)25-15-7-6-8-20(25)24(26)27/h9-14,16,20,23H,4-8,15H2,1-3H3,(H,26,27). The van der Waals surface area contributed by atoms with E-state index in [2.05, 4.69) is 36.1 Å². The quantitative estimate of drug-likeness (QED) is 0.692. The van der Waals surface area contributed by atoms with E-state index in [-0.39, 0.29) is 6.04 Å². The van der Waals surface area contributed by atoms with Gasteiger partial charge in [0.25, 0.3) is 0 Å². The summed E-state index contributed by atoms with van der Waals surface area (Å²) in [6, 6.07) is 13.7. The predicted molar refractivity (Wildman–Crippen MR) is 114 cm³/mol.